The monoisotopic (exact) mass is 168 g/mol. The maximum atomic E-state index is 5.10. The molecular weight excluding hydrogens is 156 g/mol. The van der Waals surface area contributed by atoms with Crippen molar-refractivity contribution in [3.8, 4) is 0 Å². The van der Waals surface area contributed by atoms with Crippen molar-refractivity contribution in [3.05, 3.63) is 22.4 Å². The SMILES string of the molecule is C/C(CCc1ccsc1)=N/N. The number of hydrogen-bond acceptors (Lipinski definition) is 3. The molecule has 0 bridgehead atoms. The van der Waals surface area contributed by atoms with Crippen LogP contribution < -0.4 is 5.84 Å². The molecular formula is C8H12N2S. The van der Waals surface area contributed by atoms with Gasteiger partial charge in [0.05, 0.1) is 0 Å². The van der Waals surface area contributed by atoms with E-state index >= 15 is 0 Å². The maximum Gasteiger partial charge on any atom is 0.0348 e. The quantitative estimate of drug-likeness (QED) is 0.418. The number of hydrazone groups is 1. The van der Waals surface area contributed by atoms with E-state index in [1.54, 1.807) is 11.3 Å². The molecule has 11 heavy (non-hydrogen) atoms. The fourth-order valence-corrected chi connectivity index (χ4v) is 1.53. The van der Waals surface area contributed by atoms with Crippen LogP contribution in [0.2, 0.25) is 0 Å². The summed E-state index contributed by atoms with van der Waals surface area (Å²) in [6.45, 7) is 1.95. The summed E-state index contributed by atoms with van der Waals surface area (Å²) >= 11 is 1.73. The normalized spacial score (nSPS) is 11.9. The molecule has 0 aliphatic rings. The highest BCUT2D eigenvalue weighted by molar-refractivity contribution is 7.07. The van der Waals surface area contributed by atoms with Crippen molar-refractivity contribution in [3.63, 3.8) is 0 Å². The molecule has 0 atom stereocenters. The predicted molar refractivity (Wildman–Crippen MR) is 49.9 cm³/mol. The molecule has 0 fully saturated rings. The molecule has 0 saturated heterocycles. The van der Waals surface area contributed by atoms with Crippen LogP contribution in [-0.4, -0.2) is 5.71 Å². The van der Waals surface area contributed by atoms with Crippen LogP contribution in [0.15, 0.2) is 21.9 Å². The molecule has 0 spiro atoms. The molecule has 0 aromatic carbocycles. The third kappa shape index (κ3) is 2.72. The van der Waals surface area contributed by atoms with E-state index in [1.165, 1.54) is 5.56 Å². The molecule has 2 nitrogen and oxygen atoms in total. The van der Waals surface area contributed by atoms with E-state index in [9.17, 15) is 0 Å². The summed E-state index contributed by atoms with van der Waals surface area (Å²) in [5.74, 6) is 5.10. The maximum absolute atomic E-state index is 5.10. The van der Waals surface area contributed by atoms with Crippen molar-refractivity contribution < 1.29 is 0 Å². The molecule has 1 heterocycles. The Morgan fingerprint density at radius 1 is 1.73 bits per heavy atom. The zero-order valence-corrected chi connectivity index (χ0v) is 7.40. The standard InChI is InChI=1S/C8H12N2S/c1-7(10-9)2-3-8-4-5-11-6-8/h4-6H,2-3,9H2,1H3/b10-7-. The van der Waals surface area contributed by atoms with Crippen LogP contribution in [0.3, 0.4) is 0 Å². The van der Waals surface area contributed by atoms with Crippen molar-refractivity contribution in [2.45, 2.75) is 19.8 Å². The van der Waals surface area contributed by atoms with Crippen LogP contribution in [0.4, 0.5) is 0 Å². The van der Waals surface area contributed by atoms with Gasteiger partial charge in [-0.05, 0) is 42.2 Å². The number of thiophene rings is 1. The van der Waals surface area contributed by atoms with Gasteiger partial charge in [0, 0.05) is 5.71 Å². The molecule has 3 heteroatoms. The zero-order chi connectivity index (χ0) is 8.10. The number of aryl methyl sites for hydroxylation is 1. The first-order valence-corrected chi connectivity index (χ1v) is 4.51. The molecule has 60 valence electrons. The third-order valence-corrected chi connectivity index (χ3v) is 2.31. The number of rotatable bonds is 3. The second-order valence-corrected chi connectivity index (χ2v) is 3.28. The molecule has 0 amide bonds. The van der Waals surface area contributed by atoms with Gasteiger partial charge in [-0.15, -0.1) is 0 Å². The van der Waals surface area contributed by atoms with Gasteiger partial charge in [0.15, 0.2) is 0 Å². The minimum atomic E-state index is 0.966. The van der Waals surface area contributed by atoms with Gasteiger partial charge in [-0.3, -0.25) is 0 Å². The highest BCUT2D eigenvalue weighted by atomic mass is 32.1. The van der Waals surface area contributed by atoms with Gasteiger partial charge >= 0.3 is 0 Å². The molecule has 0 aliphatic heterocycles. The fourth-order valence-electron chi connectivity index (χ4n) is 0.825. The largest absolute Gasteiger partial charge is 0.323 e. The van der Waals surface area contributed by atoms with E-state index in [1.807, 2.05) is 6.92 Å². The van der Waals surface area contributed by atoms with Gasteiger partial charge in [-0.1, -0.05) is 0 Å². The van der Waals surface area contributed by atoms with Crippen molar-refractivity contribution in [1.82, 2.24) is 0 Å². The van der Waals surface area contributed by atoms with Gasteiger partial charge in [0.25, 0.3) is 0 Å². The summed E-state index contributed by atoms with van der Waals surface area (Å²) in [5.41, 5.74) is 2.38. The summed E-state index contributed by atoms with van der Waals surface area (Å²) in [7, 11) is 0. The highest BCUT2D eigenvalue weighted by Crippen LogP contribution is 2.08. The van der Waals surface area contributed by atoms with Crippen LogP contribution in [0, 0.1) is 0 Å². The number of hydrogen-bond donors (Lipinski definition) is 1. The first kappa shape index (κ1) is 8.27. The lowest BCUT2D eigenvalue weighted by molar-refractivity contribution is 1.02. The average molecular weight is 168 g/mol. The molecule has 1 rings (SSSR count). The summed E-state index contributed by atoms with van der Waals surface area (Å²) in [6, 6.07) is 2.13. The minimum absolute atomic E-state index is 0.966. The lowest BCUT2D eigenvalue weighted by Gasteiger charge is -1.95. The molecule has 0 aliphatic carbocycles. The van der Waals surface area contributed by atoms with Crippen molar-refractivity contribution in [2.75, 3.05) is 0 Å². The Bertz CT molecular complexity index is 226. The lowest BCUT2D eigenvalue weighted by Crippen LogP contribution is -1.97. The molecule has 0 radical (unpaired) electrons. The first-order chi connectivity index (χ1) is 5.33. The Balaban J connectivity index is 2.35. The summed E-state index contributed by atoms with van der Waals surface area (Å²) in [4.78, 5) is 0. The van der Waals surface area contributed by atoms with Gasteiger partial charge in [0.1, 0.15) is 0 Å². The molecule has 2 N–H and O–H groups in total. The predicted octanol–water partition coefficient (Wildman–Crippen LogP) is 2.02. The highest BCUT2D eigenvalue weighted by Gasteiger charge is 1.94. The van der Waals surface area contributed by atoms with Crippen LogP contribution in [0.1, 0.15) is 18.9 Å². The first-order valence-electron chi connectivity index (χ1n) is 3.57. The fraction of sp³-hybridized carbons (Fsp3) is 0.375. The van der Waals surface area contributed by atoms with E-state index in [4.69, 9.17) is 5.84 Å². The summed E-state index contributed by atoms with van der Waals surface area (Å²) < 4.78 is 0. The van der Waals surface area contributed by atoms with Crippen LogP contribution in [0.25, 0.3) is 0 Å². The Morgan fingerprint density at radius 3 is 3.09 bits per heavy atom. The van der Waals surface area contributed by atoms with Crippen molar-refractivity contribution >= 4 is 17.0 Å². The van der Waals surface area contributed by atoms with E-state index < -0.39 is 0 Å². The Kier molecular flexibility index (Phi) is 3.11. The topological polar surface area (TPSA) is 38.4 Å². The van der Waals surface area contributed by atoms with Crippen molar-refractivity contribution in [2.24, 2.45) is 10.9 Å². The Hall–Kier alpha value is -0.830. The molecule has 0 unspecified atom stereocenters. The molecule has 1 aromatic heterocycles. The van der Waals surface area contributed by atoms with Gasteiger partial charge in [0.2, 0.25) is 0 Å². The van der Waals surface area contributed by atoms with Gasteiger partial charge in [-0.2, -0.15) is 16.4 Å². The lowest BCUT2D eigenvalue weighted by atomic mass is 10.1. The Labute approximate surface area is 70.7 Å². The Morgan fingerprint density at radius 2 is 2.55 bits per heavy atom. The van der Waals surface area contributed by atoms with E-state index in [2.05, 4.69) is 21.9 Å². The second-order valence-electron chi connectivity index (χ2n) is 2.50. The summed E-state index contributed by atoms with van der Waals surface area (Å²) in [5, 5.41) is 7.85. The average Bonchev–Trinajstić information content (AvgIpc) is 2.52. The molecule has 1 aromatic rings. The minimum Gasteiger partial charge on any atom is -0.323 e. The van der Waals surface area contributed by atoms with E-state index in [0.717, 1.165) is 18.6 Å². The van der Waals surface area contributed by atoms with Gasteiger partial charge < -0.3 is 5.84 Å². The zero-order valence-electron chi connectivity index (χ0n) is 6.58. The third-order valence-electron chi connectivity index (χ3n) is 1.58. The van der Waals surface area contributed by atoms with Crippen LogP contribution in [-0.2, 0) is 6.42 Å². The van der Waals surface area contributed by atoms with Crippen LogP contribution in [0.5, 0.6) is 0 Å². The van der Waals surface area contributed by atoms with E-state index in [-0.39, 0.29) is 0 Å². The number of nitrogens with two attached hydrogens (primary N) is 1. The summed E-state index contributed by atoms with van der Waals surface area (Å²) in [6.07, 6.45) is 2.02. The van der Waals surface area contributed by atoms with Crippen LogP contribution >= 0.6 is 11.3 Å². The second kappa shape index (κ2) is 4.13. The van der Waals surface area contributed by atoms with Gasteiger partial charge in [-0.25, -0.2) is 0 Å². The van der Waals surface area contributed by atoms with E-state index in [0.29, 0.717) is 0 Å². The molecule has 0 saturated carbocycles. The smallest absolute Gasteiger partial charge is 0.0348 e. The number of nitrogens with zero attached hydrogens (tertiary/aromatic N) is 1. The van der Waals surface area contributed by atoms with Crippen molar-refractivity contribution in [1.29, 1.82) is 0 Å².